The van der Waals surface area contributed by atoms with Crippen LogP contribution < -0.4 is 5.32 Å². The van der Waals surface area contributed by atoms with Crippen LogP contribution in [-0.4, -0.2) is 18.9 Å². The number of hydrogen-bond donors (Lipinski definition) is 1. The SMILES string of the molecule is CCCNCC(=O)c1ccc(F)c(F)c1. The van der Waals surface area contributed by atoms with E-state index in [2.05, 4.69) is 5.32 Å². The molecule has 0 spiro atoms. The van der Waals surface area contributed by atoms with Gasteiger partial charge in [0.15, 0.2) is 17.4 Å². The maximum atomic E-state index is 12.8. The number of halogens is 2. The molecule has 0 aliphatic heterocycles. The smallest absolute Gasteiger partial charge is 0.176 e. The van der Waals surface area contributed by atoms with E-state index in [-0.39, 0.29) is 17.9 Å². The van der Waals surface area contributed by atoms with Crippen molar-refractivity contribution >= 4 is 5.78 Å². The topological polar surface area (TPSA) is 29.1 Å². The summed E-state index contributed by atoms with van der Waals surface area (Å²) in [5, 5.41) is 2.90. The molecule has 2 nitrogen and oxygen atoms in total. The molecule has 0 fully saturated rings. The zero-order valence-corrected chi connectivity index (χ0v) is 8.52. The number of nitrogens with one attached hydrogen (secondary N) is 1. The van der Waals surface area contributed by atoms with Crippen LogP contribution in [0.2, 0.25) is 0 Å². The van der Waals surface area contributed by atoms with E-state index in [0.717, 1.165) is 25.1 Å². The molecule has 0 aromatic heterocycles. The van der Waals surface area contributed by atoms with Gasteiger partial charge in [0.1, 0.15) is 0 Å². The first-order chi connectivity index (χ1) is 7.15. The number of benzene rings is 1. The summed E-state index contributed by atoms with van der Waals surface area (Å²) in [7, 11) is 0. The molecule has 0 aliphatic rings. The van der Waals surface area contributed by atoms with Gasteiger partial charge in [0.2, 0.25) is 0 Å². The first kappa shape index (κ1) is 11.8. The molecule has 1 N–H and O–H groups in total. The Balaban J connectivity index is 2.62. The third-order valence-corrected chi connectivity index (χ3v) is 1.95. The van der Waals surface area contributed by atoms with Crippen LogP contribution in [0.15, 0.2) is 18.2 Å². The predicted octanol–water partition coefficient (Wildman–Crippen LogP) is 2.15. The van der Waals surface area contributed by atoms with Crippen molar-refractivity contribution in [2.75, 3.05) is 13.1 Å². The minimum Gasteiger partial charge on any atom is -0.310 e. The Bertz CT molecular complexity index is 352. The number of Topliss-reactive ketones (excluding diaryl/α,β-unsaturated/α-hetero) is 1. The monoisotopic (exact) mass is 213 g/mol. The average Bonchev–Trinajstić information content (AvgIpc) is 2.22. The lowest BCUT2D eigenvalue weighted by molar-refractivity contribution is 0.0991. The van der Waals surface area contributed by atoms with Crippen molar-refractivity contribution in [3.05, 3.63) is 35.4 Å². The summed E-state index contributed by atoms with van der Waals surface area (Å²) in [6.45, 7) is 2.86. The van der Waals surface area contributed by atoms with Gasteiger partial charge in [-0.25, -0.2) is 8.78 Å². The highest BCUT2D eigenvalue weighted by atomic mass is 19.2. The fraction of sp³-hybridized carbons (Fsp3) is 0.364. The molecule has 0 radical (unpaired) electrons. The molecule has 0 amide bonds. The molecule has 0 aliphatic carbocycles. The van der Waals surface area contributed by atoms with E-state index in [1.54, 1.807) is 0 Å². The quantitative estimate of drug-likeness (QED) is 0.599. The fourth-order valence-corrected chi connectivity index (χ4v) is 1.15. The summed E-state index contributed by atoms with van der Waals surface area (Å²) in [6.07, 6.45) is 0.922. The molecule has 15 heavy (non-hydrogen) atoms. The second kappa shape index (κ2) is 5.56. The molecular weight excluding hydrogens is 200 g/mol. The number of ketones is 1. The van der Waals surface area contributed by atoms with Crippen LogP contribution in [0, 0.1) is 11.6 Å². The van der Waals surface area contributed by atoms with Crippen molar-refractivity contribution in [1.29, 1.82) is 0 Å². The van der Waals surface area contributed by atoms with Gasteiger partial charge in [-0.3, -0.25) is 4.79 Å². The molecule has 0 saturated heterocycles. The maximum Gasteiger partial charge on any atom is 0.176 e. The van der Waals surface area contributed by atoms with Gasteiger partial charge in [0.05, 0.1) is 6.54 Å². The van der Waals surface area contributed by atoms with E-state index in [4.69, 9.17) is 0 Å². The predicted molar refractivity (Wildman–Crippen MR) is 53.8 cm³/mol. The molecule has 1 aromatic rings. The second-order valence-corrected chi connectivity index (χ2v) is 3.23. The van der Waals surface area contributed by atoms with Crippen LogP contribution in [0.1, 0.15) is 23.7 Å². The third-order valence-electron chi connectivity index (χ3n) is 1.95. The van der Waals surface area contributed by atoms with Gasteiger partial charge in [0, 0.05) is 5.56 Å². The van der Waals surface area contributed by atoms with Crippen molar-refractivity contribution in [1.82, 2.24) is 5.32 Å². The van der Waals surface area contributed by atoms with Crippen molar-refractivity contribution in [2.24, 2.45) is 0 Å². The Morgan fingerprint density at radius 1 is 1.33 bits per heavy atom. The number of carbonyl (C=O) groups is 1. The summed E-state index contributed by atoms with van der Waals surface area (Å²) in [5.41, 5.74) is 0.192. The van der Waals surface area contributed by atoms with Crippen LogP contribution in [-0.2, 0) is 0 Å². The second-order valence-electron chi connectivity index (χ2n) is 3.23. The minimum atomic E-state index is -0.989. The van der Waals surface area contributed by atoms with Crippen LogP contribution >= 0.6 is 0 Å². The molecular formula is C11H13F2NO. The van der Waals surface area contributed by atoms with Crippen LogP contribution in [0.3, 0.4) is 0 Å². The highest BCUT2D eigenvalue weighted by molar-refractivity contribution is 5.97. The Morgan fingerprint density at radius 2 is 2.07 bits per heavy atom. The normalized spacial score (nSPS) is 10.3. The van der Waals surface area contributed by atoms with Gasteiger partial charge < -0.3 is 5.32 Å². The van der Waals surface area contributed by atoms with E-state index in [1.807, 2.05) is 6.92 Å². The molecule has 1 aromatic carbocycles. The molecule has 0 unspecified atom stereocenters. The molecule has 0 bridgehead atoms. The summed E-state index contributed by atoms with van der Waals surface area (Å²) >= 11 is 0. The molecule has 4 heteroatoms. The molecule has 0 heterocycles. The lowest BCUT2D eigenvalue weighted by Gasteiger charge is -2.02. The van der Waals surface area contributed by atoms with E-state index in [9.17, 15) is 13.6 Å². The minimum absolute atomic E-state index is 0.152. The zero-order chi connectivity index (χ0) is 11.3. The Hall–Kier alpha value is -1.29. The highest BCUT2D eigenvalue weighted by Crippen LogP contribution is 2.08. The van der Waals surface area contributed by atoms with Crippen molar-refractivity contribution in [2.45, 2.75) is 13.3 Å². The largest absolute Gasteiger partial charge is 0.310 e. The van der Waals surface area contributed by atoms with Crippen LogP contribution in [0.4, 0.5) is 8.78 Å². The number of hydrogen-bond acceptors (Lipinski definition) is 2. The standard InChI is InChI=1S/C11H13F2NO/c1-2-5-14-7-11(15)8-3-4-9(12)10(13)6-8/h3-4,6,14H,2,5,7H2,1H3. The van der Waals surface area contributed by atoms with Gasteiger partial charge in [-0.1, -0.05) is 6.92 Å². The summed E-state index contributed by atoms with van der Waals surface area (Å²) < 4.78 is 25.3. The molecule has 82 valence electrons. The maximum absolute atomic E-state index is 12.8. The summed E-state index contributed by atoms with van der Waals surface area (Å²) in [4.78, 5) is 11.4. The fourth-order valence-electron chi connectivity index (χ4n) is 1.15. The third kappa shape index (κ3) is 3.40. The molecule has 0 atom stereocenters. The van der Waals surface area contributed by atoms with E-state index >= 15 is 0 Å². The zero-order valence-electron chi connectivity index (χ0n) is 8.52. The van der Waals surface area contributed by atoms with Crippen LogP contribution in [0.25, 0.3) is 0 Å². The van der Waals surface area contributed by atoms with Crippen LogP contribution in [0.5, 0.6) is 0 Å². The van der Waals surface area contributed by atoms with Crippen molar-refractivity contribution < 1.29 is 13.6 Å². The van der Waals surface area contributed by atoms with E-state index in [0.29, 0.717) is 0 Å². The Labute approximate surface area is 87.3 Å². The van der Waals surface area contributed by atoms with Gasteiger partial charge in [-0.2, -0.15) is 0 Å². The molecule has 0 saturated carbocycles. The van der Waals surface area contributed by atoms with Gasteiger partial charge in [-0.15, -0.1) is 0 Å². The van der Waals surface area contributed by atoms with E-state index < -0.39 is 11.6 Å². The van der Waals surface area contributed by atoms with Gasteiger partial charge in [0.25, 0.3) is 0 Å². The first-order valence-corrected chi connectivity index (χ1v) is 4.84. The highest BCUT2D eigenvalue weighted by Gasteiger charge is 2.08. The lowest BCUT2D eigenvalue weighted by atomic mass is 10.1. The first-order valence-electron chi connectivity index (χ1n) is 4.84. The molecule has 1 rings (SSSR count). The Kier molecular flexibility index (Phi) is 4.37. The van der Waals surface area contributed by atoms with Gasteiger partial charge >= 0.3 is 0 Å². The van der Waals surface area contributed by atoms with Gasteiger partial charge in [-0.05, 0) is 31.2 Å². The number of rotatable bonds is 5. The summed E-state index contributed by atoms with van der Waals surface area (Å²) in [6, 6.07) is 3.17. The van der Waals surface area contributed by atoms with Crippen molar-refractivity contribution in [3.63, 3.8) is 0 Å². The average molecular weight is 213 g/mol. The number of carbonyl (C=O) groups excluding carboxylic acids is 1. The lowest BCUT2D eigenvalue weighted by Crippen LogP contribution is -2.23. The summed E-state index contributed by atoms with van der Waals surface area (Å²) in [5.74, 6) is -2.16. The Morgan fingerprint density at radius 3 is 2.67 bits per heavy atom. The van der Waals surface area contributed by atoms with Crippen molar-refractivity contribution in [3.8, 4) is 0 Å². The van der Waals surface area contributed by atoms with E-state index in [1.165, 1.54) is 6.07 Å².